The molecule has 6 nitrogen and oxygen atoms in total. The number of benzene rings is 2. The Morgan fingerprint density at radius 1 is 1.19 bits per heavy atom. The topological polar surface area (TPSA) is 81.8 Å². The molecule has 0 spiro atoms. The first kappa shape index (κ1) is 17.7. The van der Waals surface area contributed by atoms with Gasteiger partial charge in [-0.1, -0.05) is 18.7 Å². The SMILES string of the molecule is C=C(C)C(=O)OCC(O)COc1ccc(-c2nc3ccccc3o2)cc1. The van der Waals surface area contributed by atoms with E-state index in [2.05, 4.69) is 11.6 Å². The van der Waals surface area contributed by atoms with Gasteiger partial charge >= 0.3 is 5.97 Å². The van der Waals surface area contributed by atoms with Gasteiger partial charge in [0.1, 0.15) is 30.6 Å². The number of fused-ring (bicyclic) bond motifs is 1. The van der Waals surface area contributed by atoms with Crippen LogP contribution in [0.2, 0.25) is 0 Å². The average molecular weight is 353 g/mol. The standard InChI is InChI=1S/C20H19NO5/c1-13(2)20(23)25-12-15(22)11-24-16-9-7-14(8-10-16)19-21-17-5-3-4-6-18(17)26-19/h3-10,15,22H,1,11-12H2,2H3. The van der Waals surface area contributed by atoms with Gasteiger partial charge in [-0.3, -0.25) is 0 Å². The Morgan fingerprint density at radius 2 is 1.92 bits per heavy atom. The number of esters is 1. The second-order valence-corrected chi connectivity index (χ2v) is 5.85. The fourth-order valence-electron chi connectivity index (χ4n) is 2.23. The summed E-state index contributed by atoms with van der Waals surface area (Å²) in [6.07, 6.45) is -0.921. The molecule has 1 unspecified atom stereocenters. The monoisotopic (exact) mass is 353 g/mol. The lowest BCUT2D eigenvalue weighted by molar-refractivity contribution is -0.142. The van der Waals surface area contributed by atoms with Crippen LogP contribution in [0.15, 0.2) is 65.1 Å². The van der Waals surface area contributed by atoms with Gasteiger partial charge in [0, 0.05) is 11.1 Å². The molecular formula is C20H19NO5. The van der Waals surface area contributed by atoms with Crippen molar-refractivity contribution >= 4 is 17.1 Å². The summed E-state index contributed by atoms with van der Waals surface area (Å²) in [5.41, 5.74) is 2.64. The first-order chi connectivity index (χ1) is 12.5. The van der Waals surface area contributed by atoms with Gasteiger partial charge in [-0.15, -0.1) is 0 Å². The van der Waals surface area contributed by atoms with E-state index in [4.69, 9.17) is 13.9 Å². The van der Waals surface area contributed by atoms with Crippen LogP contribution in [0.5, 0.6) is 5.75 Å². The number of nitrogens with zero attached hydrogens (tertiary/aromatic N) is 1. The van der Waals surface area contributed by atoms with Crippen molar-refractivity contribution in [2.24, 2.45) is 0 Å². The molecule has 0 bridgehead atoms. The molecule has 134 valence electrons. The van der Waals surface area contributed by atoms with E-state index in [1.165, 1.54) is 0 Å². The van der Waals surface area contributed by atoms with E-state index in [9.17, 15) is 9.90 Å². The van der Waals surface area contributed by atoms with Crippen LogP contribution in [0.4, 0.5) is 0 Å². The molecule has 1 atom stereocenters. The second kappa shape index (κ2) is 7.84. The maximum absolute atomic E-state index is 11.3. The number of hydrogen-bond donors (Lipinski definition) is 1. The molecule has 0 saturated carbocycles. The number of carbonyl (C=O) groups excluding carboxylic acids is 1. The maximum Gasteiger partial charge on any atom is 0.333 e. The summed E-state index contributed by atoms with van der Waals surface area (Å²) in [4.78, 5) is 15.7. The number of hydrogen-bond acceptors (Lipinski definition) is 6. The minimum absolute atomic E-state index is 0.00566. The van der Waals surface area contributed by atoms with Crippen LogP contribution in [-0.4, -0.2) is 35.4 Å². The van der Waals surface area contributed by atoms with Crippen molar-refractivity contribution in [3.63, 3.8) is 0 Å². The van der Waals surface area contributed by atoms with Crippen molar-refractivity contribution in [1.82, 2.24) is 4.98 Å². The zero-order chi connectivity index (χ0) is 18.5. The van der Waals surface area contributed by atoms with Gasteiger partial charge in [0.2, 0.25) is 5.89 Å². The van der Waals surface area contributed by atoms with Gasteiger partial charge in [0.05, 0.1) is 0 Å². The van der Waals surface area contributed by atoms with Crippen molar-refractivity contribution in [3.05, 3.63) is 60.7 Å². The highest BCUT2D eigenvalue weighted by Gasteiger charge is 2.11. The predicted molar refractivity (Wildman–Crippen MR) is 96.7 cm³/mol. The molecule has 1 heterocycles. The van der Waals surface area contributed by atoms with Crippen LogP contribution < -0.4 is 4.74 Å². The summed E-state index contributed by atoms with van der Waals surface area (Å²) in [7, 11) is 0. The largest absolute Gasteiger partial charge is 0.491 e. The van der Waals surface area contributed by atoms with Gasteiger partial charge in [-0.2, -0.15) is 0 Å². The van der Waals surface area contributed by atoms with E-state index in [0.717, 1.165) is 16.7 Å². The molecule has 0 aliphatic carbocycles. The highest BCUT2D eigenvalue weighted by molar-refractivity contribution is 5.86. The Labute approximate surface area is 150 Å². The van der Waals surface area contributed by atoms with Crippen molar-refractivity contribution in [2.45, 2.75) is 13.0 Å². The Bertz CT molecular complexity index is 880. The Hall–Kier alpha value is -3.12. The zero-order valence-electron chi connectivity index (χ0n) is 14.3. The van der Waals surface area contributed by atoms with Crippen LogP contribution in [0, 0.1) is 0 Å². The highest BCUT2D eigenvalue weighted by Crippen LogP contribution is 2.25. The minimum Gasteiger partial charge on any atom is -0.491 e. The summed E-state index contributed by atoms with van der Waals surface area (Å²) in [6.45, 7) is 4.88. The average Bonchev–Trinajstić information content (AvgIpc) is 3.09. The van der Waals surface area contributed by atoms with Gasteiger partial charge in [0.15, 0.2) is 5.58 Å². The van der Waals surface area contributed by atoms with Gasteiger partial charge < -0.3 is 19.0 Å². The van der Waals surface area contributed by atoms with E-state index in [-0.39, 0.29) is 18.8 Å². The van der Waals surface area contributed by atoms with E-state index < -0.39 is 12.1 Å². The van der Waals surface area contributed by atoms with Gasteiger partial charge in [-0.05, 0) is 43.3 Å². The predicted octanol–water partition coefficient (Wildman–Crippen LogP) is 3.35. The summed E-state index contributed by atoms with van der Waals surface area (Å²) in [5, 5.41) is 9.80. The molecule has 1 N–H and O–H groups in total. The Balaban J connectivity index is 1.56. The normalized spacial score (nSPS) is 11.9. The van der Waals surface area contributed by atoms with E-state index in [0.29, 0.717) is 11.6 Å². The molecule has 0 fully saturated rings. The first-order valence-corrected chi connectivity index (χ1v) is 8.12. The van der Waals surface area contributed by atoms with E-state index >= 15 is 0 Å². The summed E-state index contributed by atoms with van der Waals surface area (Å²) >= 11 is 0. The number of oxazole rings is 1. The molecule has 0 radical (unpaired) electrons. The third-order valence-electron chi connectivity index (χ3n) is 3.59. The number of carbonyl (C=O) groups is 1. The Kier molecular flexibility index (Phi) is 5.34. The number of rotatable bonds is 7. The van der Waals surface area contributed by atoms with E-state index in [1.54, 1.807) is 19.1 Å². The maximum atomic E-state index is 11.3. The van der Waals surface area contributed by atoms with Crippen molar-refractivity contribution < 1.29 is 23.8 Å². The minimum atomic E-state index is -0.921. The van der Waals surface area contributed by atoms with Crippen molar-refractivity contribution in [1.29, 1.82) is 0 Å². The summed E-state index contributed by atoms with van der Waals surface area (Å²) in [5.74, 6) is 0.575. The van der Waals surface area contributed by atoms with Crippen molar-refractivity contribution in [3.8, 4) is 17.2 Å². The number of aliphatic hydroxyl groups excluding tert-OH is 1. The van der Waals surface area contributed by atoms with Crippen LogP contribution in [0.3, 0.4) is 0 Å². The lowest BCUT2D eigenvalue weighted by atomic mass is 10.2. The third-order valence-corrected chi connectivity index (χ3v) is 3.59. The molecular weight excluding hydrogens is 334 g/mol. The third kappa shape index (κ3) is 4.29. The molecule has 0 aliphatic rings. The zero-order valence-corrected chi connectivity index (χ0v) is 14.3. The van der Waals surface area contributed by atoms with Crippen molar-refractivity contribution in [2.75, 3.05) is 13.2 Å². The quantitative estimate of drug-likeness (QED) is 0.518. The molecule has 2 aromatic carbocycles. The highest BCUT2D eigenvalue weighted by atomic mass is 16.5. The number of ether oxygens (including phenoxy) is 2. The number of aliphatic hydroxyl groups is 1. The second-order valence-electron chi connectivity index (χ2n) is 5.85. The molecule has 0 saturated heterocycles. The lowest BCUT2D eigenvalue weighted by Crippen LogP contribution is -2.25. The molecule has 3 rings (SSSR count). The summed E-state index contributed by atoms with van der Waals surface area (Å²) < 4.78 is 16.1. The van der Waals surface area contributed by atoms with Crippen LogP contribution >= 0.6 is 0 Å². The fourth-order valence-corrected chi connectivity index (χ4v) is 2.23. The Morgan fingerprint density at radius 3 is 2.62 bits per heavy atom. The molecule has 26 heavy (non-hydrogen) atoms. The van der Waals surface area contributed by atoms with E-state index in [1.807, 2.05) is 36.4 Å². The molecule has 0 amide bonds. The molecule has 0 aliphatic heterocycles. The molecule has 1 aromatic heterocycles. The number of aromatic nitrogens is 1. The van der Waals surface area contributed by atoms with Gasteiger partial charge in [0.25, 0.3) is 0 Å². The van der Waals surface area contributed by atoms with Crippen LogP contribution in [-0.2, 0) is 9.53 Å². The fraction of sp³-hybridized carbons (Fsp3) is 0.200. The van der Waals surface area contributed by atoms with Crippen LogP contribution in [0.25, 0.3) is 22.6 Å². The molecule has 3 aromatic rings. The first-order valence-electron chi connectivity index (χ1n) is 8.12. The van der Waals surface area contributed by atoms with Crippen LogP contribution in [0.1, 0.15) is 6.92 Å². The number of para-hydroxylation sites is 2. The molecule has 6 heteroatoms. The lowest BCUT2D eigenvalue weighted by Gasteiger charge is -2.13. The smallest absolute Gasteiger partial charge is 0.333 e. The summed E-state index contributed by atoms with van der Waals surface area (Å²) in [6, 6.07) is 14.7. The van der Waals surface area contributed by atoms with Gasteiger partial charge in [-0.25, -0.2) is 9.78 Å².